The third kappa shape index (κ3) is 3.60. The van der Waals surface area contributed by atoms with E-state index in [9.17, 15) is 0 Å². The van der Waals surface area contributed by atoms with E-state index in [1.54, 1.807) is 46.2 Å². The normalized spacial score (nSPS) is 9.85. The summed E-state index contributed by atoms with van der Waals surface area (Å²) in [6.45, 7) is 0. The molecule has 0 aliphatic heterocycles. The minimum Gasteiger partial charge on any atom is -0.198 e. The summed E-state index contributed by atoms with van der Waals surface area (Å²) in [4.78, 5) is 0. The van der Waals surface area contributed by atoms with Crippen LogP contribution in [-0.2, 0) is 0 Å². The zero-order chi connectivity index (χ0) is 9.68. The van der Waals surface area contributed by atoms with E-state index in [0.717, 1.165) is 8.89 Å². The van der Waals surface area contributed by atoms with E-state index in [-0.39, 0.29) is 0 Å². The second-order valence-electron chi connectivity index (χ2n) is 1.99. The number of nitriles is 1. The van der Waals surface area contributed by atoms with E-state index in [4.69, 9.17) is 17.5 Å². The van der Waals surface area contributed by atoms with E-state index in [0.29, 0.717) is 6.42 Å². The molecular weight excluding hydrogens is 258 g/mol. The molecule has 0 unspecified atom stereocenters. The first-order valence-corrected chi connectivity index (χ1v) is 7.70. The van der Waals surface area contributed by atoms with Crippen molar-refractivity contribution in [3.05, 3.63) is 3.14 Å². The van der Waals surface area contributed by atoms with Gasteiger partial charge in [-0.15, -0.1) is 46.2 Å². The predicted molar refractivity (Wildman–Crippen MR) is 65.8 cm³/mol. The van der Waals surface area contributed by atoms with Crippen LogP contribution in [0.15, 0.2) is 8.42 Å². The van der Waals surface area contributed by atoms with E-state index in [2.05, 4.69) is 12.3 Å². The van der Waals surface area contributed by atoms with Gasteiger partial charge in [0.2, 0.25) is 0 Å². The Labute approximate surface area is 99.2 Å². The molecule has 1 aromatic rings. The van der Waals surface area contributed by atoms with Gasteiger partial charge in [-0.3, -0.25) is 0 Å². The second kappa shape index (κ2) is 6.04. The predicted octanol–water partition coefficient (Wildman–Crippen LogP) is 4.27. The lowest BCUT2D eigenvalue weighted by Crippen LogP contribution is -1.73. The molecule has 0 radical (unpaired) electrons. The van der Waals surface area contributed by atoms with Crippen LogP contribution in [-0.4, -0.2) is 12.0 Å². The smallest absolute Gasteiger partial charge is 0.145 e. The Morgan fingerprint density at radius 2 is 2.15 bits per heavy atom. The van der Waals surface area contributed by atoms with Crippen LogP contribution >= 0.6 is 58.4 Å². The molecule has 0 N–H and O–H groups in total. The van der Waals surface area contributed by atoms with Gasteiger partial charge in [0.05, 0.1) is 14.5 Å². The maximum absolute atomic E-state index is 8.39. The van der Waals surface area contributed by atoms with Crippen molar-refractivity contribution in [1.29, 1.82) is 5.26 Å². The van der Waals surface area contributed by atoms with Crippen molar-refractivity contribution in [2.75, 3.05) is 12.0 Å². The molecule has 6 heteroatoms. The molecule has 1 rings (SSSR count). The van der Waals surface area contributed by atoms with E-state index in [1.807, 2.05) is 0 Å². The first kappa shape index (κ1) is 11.5. The zero-order valence-corrected chi connectivity index (χ0v) is 11.0. The Kier molecular flexibility index (Phi) is 5.36. The van der Waals surface area contributed by atoms with Crippen molar-refractivity contribution in [3.8, 4) is 6.07 Å². The van der Waals surface area contributed by atoms with E-state index >= 15 is 0 Å². The number of hydrogen-bond donors (Lipinski definition) is 0. The molecular formula is C7H7NS5. The first-order valence-electron chi connectivity index (χ1n) is 3.45. The minimum absolute atomic E-state index is 0.605. The number of thioether (sulfide) groups is 2. The van der Waals surface area contributed by atoms with Crippen molar-refractivity contribution in [2.45, 2.75) is 14.8 Å². The maximum atomic E-state index is 8.39. The highest BCUT2D eigenvalue weighted by atomic mass is 32.2. The molecule has 1 nitrogen and oxygen atoms in total. The van der Waals surface area contributed by atoms with Crippen molar-refractivity contribution in [3.63, 3.8) is 0 Å². The van der Waals surface area contributed by atoms with Crippen LogP contribution in [0.4, 0.5) is 0 Å². The highest BCUT2D eigenvalue weighted by Crippen LogP contribution is 2.39. The summed E-state index contributed by atoms with van der Waals surface area (Å²) in [5, 5.41) is 8.39. The lowest BCUT2D eigenvalue weighted by molar-refractivity contribution is 1.24. The Morgan fingerprint density at radius 1 is 1.46 bits per heavy atom. The summed E-state index contributed by atoms with van der Waals surface area (Å²) in [6, 6.07) is 2.14. The third-order valence-corrected chi connectivity index (χ3v) is 6.58. The highest BCUT2D eigenvalue weighted by molar-refractivity contribution is 8.05. The van der Waals surface area contributed by atoms with Gasteiger partial charge in [0.1, 0.15) is 3.14 Å². The van der Waals surface area contributed by atoms with E-state index in [1.165, 1.54) is 8.42 Å². The fraction of sp³-hybridized carbons (Fsp3) is 0.429. The highest BCUT2D eigenvalue weighted by Gasteiger charge is 2.05. The molecule has 13 heavy (non-hydrogen) atoms. The van der Waals surface area contributed by atoms with Gasteiger partial charge < -0.3 is 0 Å². The third-order valence-electron chi connectivity index (χ3n) is 1.15. The lowest BCUT2D eigenvalue weighted by atomic mass is 10.6. The molecule has 0 atom stereocenters. The monoisotopic (exact) mass is 265 g/mol. The van der Waals surface area contributed by atoms with Gasteiger partial charge in [-0.25, -0.2) is 0 Å². The van der Waals surface area contributed by atoms with Gasteiger partial charge in [0.25, 0.3) is 0 Å². The summed E-state index contributed by atoms with van der Waals surface area (Å²) in [6.07, 6.45) is 2.66. The maximum Gasteiger partial charge on any atom is 0.145 e. The largest absolute Gasteiger partial charge is 0.198 e. The number of nitrogens with zero attached hydrogens (tertiary/aromatic N) is 1. The summed E-state index contributed by atoms with van der Waals surface area (Å²) in [5.74, 6) is 0.867. The molecule has 70 valence electrons. The summed E-state index contributed by atoms with van der Waals surface area (Å²) in [5.41, 5.74) is 0. The Morgan fingerprint density at radius 3 is 2.77 bits per heavy atom. The number of rotatable bonds is 4. The van der Waals surface area contributed by atoms with Crippen LogP contribution < -0.4 is 0 Å². The molecule has 0 aliphatic carbocycles. The molecule has 0 saturated heterocycles. The topological polar surface area (TPSA) is 23.8 Å². The van der Waals surface area contributed by atoms with Crippen LogP contribution in [0.1, 0.15) is 6.42 Å². The van der Waals surface area contributed by atoms with Crippen LogP contribution in [0.2, 0.25) is 0 Å². The van der Waals surface area contributed by atoms with Crippen molar-refractivity contribution < 1.29 is 0 Å². The van der Waals surface area contributed by atoms with Crippen LogP contribution in [0.5, 0.6) is 0 Å². The molecule has 0 aromatic carbocycles. The lowest BCUT2D eigenvalue weighted by Gasteiger charge is -1.95. The minimum atomic E-state index is 0.605. The Bertz CT molecular complexity index is 358. The fourth-order valence-electron chi connectivity index (χ4n) is 0.658. The molecule has 1 aromatic heterocycles. The van der Waals surface area contributed by atoms with Crippen LogP contribution in [0, 0.1) is 14.5 Å². The average Bonchev–Trinajstić information content (AvgIpc) is 2.47. The SMILES string of the molecule is CSc1sc(=S)sc1SCCC#N. The van der Waals surface area contributed by atoms with Gasteiger partial charge in [0.15, 0.2) is 0 Å². The Hall–Kier alpha value is 0.460. The quantitative estimate of drug-likeness (QED) is 0.461. The number of hydrogen-bond acceptors (Lipinski definition) is 6. The molecule has 0 saturated carbocycles. The van der Waals surface area contributed by atoms with Gasteiger partial charge in [-0.2, -0.15) is 5.26 Å². The first-order chi connectivity index (χ1) is 6.27. The van der Waals surface area contributed by atoms with Crippen molar-refractivity contribution in [1.82, 2.24) is 0 Å². The van der Waals surface area contributed by atoms with Crippen LogP contribution in [0.25, 0.3) is 0 Å². The van der Waals surface area contributed by atoms with Crippen molar-refractivity contribution >= 4 is 58.4 Å². The van der Waals surface area contributed by atoms with Crippen LogP contribution in [0.3, 0.4) is 0 Å². The van der Waals surface area contributed by atoms with E-state index < -0.39 is 0 Å². The summed E-state index contributed by atoms with van der Waals surface area (Å²) >= 11 is 11.9. The molecule has 0 fully saturated rings. The van der Waals surface area contributed by atoms with Gasteiger partial charge in [0, 0.05) is 12.2 Å². The second-order valence-corrected chi connectivity index (χ2v) is 7.65. The molecule has 0 aliphatic rings. The summed E-state index contributed by atoms with van der Waals surface area (Å²) in [7, 11) is 0. The molecule has 0 bridgehead atoms. The Balaban J connectivity index is 2.65. The van der Waals surface area contributed by atoms with Gasteiger partial charge in [-0.05, 0) is 6.26 Å². The molecule has 0 amide bonds. The van der Waals surface area contributed by atoms with Gasteiger partial charge in [-0.1, -0.05) is 12.2 Å². The molecule has 1 heterocycles. The standard InChI is InChI=1S/C7H7NS5/c1-10-5-6(11-4-2-3-8)13-7(9)12-5/h2,4H2,1H3. The zero-order valence-electron chi connectivity index (χ0n) is 6.90. The van der Waals surface area contributed by atoms with Gasteiger partial charge >= 0.3 is 0 Å². The van der Waals surface area contributed by atoms with Crippen molar-refractivity contribution in [2.24, 2.45) is 0 Å². The average molecular weight is 265 g/mol. The molecule has 0 spiro atoms. The summed E-state index contributed by atoms with van der Waals surface area (Å²) < 4.78 is 3.54. The fourth-order valence-corrected chi connectivity index (χ4v) is 6.26.